The minimum atomic E-state index is -0.820. The molecule has 0 radical (unpaired) electrons. The fourth-order valence-corrected chi connectivity index (χ4v) is 2.74. The highest BCUT2D eigenvalue weighted by atomic mass is 35.5. The number of nitriles is 1. The van der Waals surface area contributed by atoms with Crippen molar-refractivity contribution in [1.82, 2.24) is 5.32 Å². The van der Waals surface area contributed by atoms with E-state index in [2.05, 4.69) is 11.4 Å². The van der Waals surface area contributed by atoms with Crippen LogP contribution in [0.2, 0.25) is 5.02 Å². The molecule has 1 aromatic rings. The van der Waals surface area contributed by atoms with E-state index >= 15 is 0 Å². The zero-order chi connectivity index (χ0) is 14.6. The van der Waals surface area contributed by atoms with Gasteiger partial charge in [0.15, 0.2) is 0 Å². The van der Waals surface area contributed by atoms with Crippen LogP contribution in [0.3, 0.4) is 0 Å². The number of hydrogen-bond acceptors (Lipinski definition) is 3. The molecule has 2 N–H and O–H groups in total. The largest absolute Gasteiger partial charge is 0.507 e. The van der Waals surface area contributed by atoms with E-state index in [-0.39, 0.29) is 11.3 Å². The van der Waals surface area contributed by atoms with E-state index in [1.165, 1.54) is 12.1 Å². The van der Waals surface area contributed by atoms with E-state index < -0.39 is 11.4 Å². The number of benzene rings is 1. The Morgan fingerprint density at radius 2 is 1.95 bits per heavy atom. The molecule has 0 spiro atoms. The molecule has 5 heteroatoms. The van der Waals surface area contributed by atoms with Gasteiger partial charge in [-0.15, -0.1) is 0 Å². The molecule has 106 valence electrons. The molecule has 1 saturated carbocycles. The van der Waals surface area contributed by atoms with Gasteiger partial charge in [0.2, 0.25) is 0 Å². The third-order valence-electron chi connectivity index (χ3n) is 3.73. The van der Waals surface area contributed by atoms with Gasteiger partial charge in [-0.2, -0.15) is 5.26 Å². The summed E-state index contributed by atoms with van der Waals surface area (Å²) in [5.41, 5.74) is -0.673. The van der Waals surface area contributed by atoms with Crippen LogP contribution in [0.25, 0.3) is 0 Å². The van der Waals surface area contributed by atoms with Crippen LogP contribution >= 0.6 is 11.6 Å². The molecule has 0 saturated heterocycles. The average molecular weight is 293 g/mol. The molecule has 1 amide bonds. The maximum Gasteiger partial charge on any atom is 0.256 e. The summed E-state index contributed by atoms with van der Waals surface area (Å²) in [6.45, 7) is 0. The van der Waals surface area contributed by atoms with E-state index in [0.717, 1.165) is 25.7 Å². The zero-order valence-electron chi connectivity index (χ0n) is 11.2. The monoisotopic (exact) mass is 292 g/mol. The van der Waals surface area contributed by atoms with Gasteiger partial charge in [0, 0.05) is 5.02 Å². The maximum absolute atomic E-state index is 12.3. The minimum Gasteiger partial charge on any atom is -0.507 e. The molecule has 1 aliphatic rings. The fraction of sp³-hybridized carbons (Fsp3) is 0.467. The number of carbonyl (C=O) groups is 1. The second-order valence-corrected chi connectivity index (χ2v) is 5.66. The lowest BCUT2D eigenvalue weighted by Crippen LogP contribution is -2.47. The van der Waals surface area contributed by atoms with Crippen LogP contribution in [-0.4, -0.2) is 16.6 Å². The van der Waals surface area contributed by atoms with Crippen molar-refractivity contribution in [2.45, 2.75) is 44.1 Å². The van der Waals surface area contributed by atoms with Gasteiger partial charge in [-0.25, -0.2) is 0 Å². The van der Waals surface area contributed by atoms with Gasteiger partial charge in [0.1, 0.15) is 11.3 Å². The summed E-state index contributed by atoms with van der Waals surface area (Å²) >= 11 is 5.75. The van der Waals surface area contributed by atoms with E-state index in [9.17, 15) is 15.2 Å². The number of carbonyl (C=O) groups excluding carboxylic acids is 1. The highest BCUT2D eigenvalue weighted by molar-refractivity contribution is 6.30. The Balaban J connectivity index is 2.18. The lowest BCUT2D eigenvalue weighted by Gasteiger charge is -2.26. The van der Waals surface area contributed by atoms with Crippen LogP contribution in [0.15, 0.2) is 18.2 Å². The Morgan fingerprint density at radius 1 is 1.30 bits per heavy atom. The fourth-order valence-electron chi connectivity index (χ4n) is 2.58. The van der Waals surface area contributed by atoms with Gasteiger partial charge in [-0.1, -0.05) is 37.3 Å². The second kappa shape index (κ2) is 6.15. The molecule has 1 aromatic carbocycles. The third-order valence-corrected chi connectivity index (χ3v) is 3.96. The van der Waals surface area contributed by atoms with Crippen LogP contribution in [0.5, 0.6) is 5.75 Å². The first kappa shape index (κ1) is 14.7. The molecule has 2 rings (SSSR count). The summed E-state index contributed by atoms with van der Waals surface area (Å²) in [4.78, 5) is 12.3. The number of halogens is 1. The molecule has 0 bridgehead atoms. The number of aromatic hydroxyl groups is 1. The normalized spacial score (nSPS) is 17.8. The number of phenolic OH excluding ortho intramolecular Hbond substituents is 1. The molecule has 0 atom stereocenters. The van der Waals surface area contributed by atoms with E-state index in [4.69, 9.17) is 11.6 Å². The molecule has 0 heterocycles. The third kappa shape index (κ3) is 3.23. The molecule has 1 aliphatic carbocycles. The molecule has 1 fully saturated rings. The number of nitrogens with one attached hydrogen (secondary N) is 1. The van der Waals surface area contributed by atoms with Gasteiger partial charge < -0.3 is 10.4 Å². The van der Waals surface area contributed by atoms with Crippen molar-refractivity contribution in [1.29, 1.82) is 5.26 Å². The number of amides is 1. The molecule has 4 nitrogen and oxygen atoms in total. The molecule has 20 heavy (non-hydrogen) atoms. The van der Waals surface area contributed by atoms with Gasteiger partial charge >= 0.3 is 0 Å². The topological polar surface area (TPSA) is 73.1 Å². The van der Waals surface area contributed by atoms with Gasteiger partial charge in [-0.05, 0) is 31.0 Å². The van der Waals surface area contributed by atoms with E-state index in [0.29, 0.717) is 17.9 Å². The minimum absolute atomic E-state index is 0.147. The first-order chi connectivity index (χ1) is 9.56. The molecular formula is C15H17ClN2O2. The summed E-state index contributed by atoms with van der Waals surface area (Å²) in [5.74, 6) is -0.598. The molecule has 0 aliphatic heterocycles. The van der Waals surface area contributed by atoms with Gasteiger partial charge in [-0.3, -0.25) is 4.79 Å². The van der Waals surface area contributed by atoms with Crippen molar-refractivity contribution in [2.24, 2.45) is 0 Å². The predicted molar refractivity (Wildman–Crippen MR) is 76.6 cm³/mol. The summed E-state index contributed by atoms with van der Waals surface area (Å²) in [6.07, 6.45) is 5.35. The first-order valence-electron chi connectivity index (χ1n) is 6.79. The Labute approximate surface area is 123 Å². The molecule has 0 unspecified atom stereocenters. The van der Waals surface area contributed by atoms with E-state index in [1.807, 2.05) is 0 Å². The maximum atomic E-state index is 12.3. The molecule has 0 aromatic heterocycles. The second-order valence-electron chi connectivity index (χ2n) is 5.22. The van der Waals surface area contributed by atoms with Crippen molar-refractivity contribution in [2.75, 3.05) is 0 Å². The van der Waals surface area contributed by atoms with Gasteiger partial charge in [0.25, 0.3) is 5.91 Å². The number of phenols is 1. The first-order valence-corrected chi connectivity index (χ1v) is 7.16. The van der Waals surface area contributed by atoms with Crippen molar-refractivity contribution in [3.8, 4) is 11.8 Å². The van der Waals surface area contributed by atoms with Crippen molar-refractivity contribution in [3.05, 3.63) is 28.8 Å². The Morgan fingerprint density at radius 3 is 2.50 bits per heavy atom. The number of hydrogen-bond donors (Lipinski definition) is 2. The Hall–Kier alpha value is -1.73. The standard InChI is InChI=1S/C15H17ClN2O2/c16-11-5-6-12(13(19)9-11)14(20)18-15(10-17)7-3-1-2-4-8-15/h5-6,9,19H,1-4,7-8H2,(H,18,20). The Bertz CT molecular complexity index is 543. The average Bonchev–Trinajstić information content (AvgIpc) is 2.64. The van der Waals surface area contributed by atoms with Crippen molar-refractivity contribution in [3.63, 3.8) is 0 Å². The zero-order valence-corrected chi connectivity index (χ0v) is 11.9. The Kier molecular flexibility index (Phi) is 4.51. The summed E-state index contributed by atoms with van der Waals surface area (Å²) in [5, 5.41) is 22.4. The smallest absolute Gasteiger partial charge is 0.256 e. The molecular weight excluding hydrogens is 276 g/mol. The van der Waals surface area contributed by atoms with Crippen LogP contribution in [-0.2, 0) is 0 Å². The van der Waals surface area contributed by atoms with Crippen LogP contribution in [0.4, 0.5) is 0 Å². The SMILES string of the molecule is N#CC1(NC(=O)c2ccc(Cl)cc2O)CCCCCC1. The summed E-state index contributed by atoms with van der Waals surface area (Å²) in [7, 11) is 0. The number of nitrogens with zero attached hydrogens (tertiary/aromatic N) is 1. The lowest BCUT2D eigenvalue weighted by molar-refractivity contribution is 0.0910. The number of rotatable bonds is 2. The van der Waals surface area contributed by atoms with Crippen molar-refractivity contribution >= 4 is 17.5 Å². The lowest BCUT2D eigenvalue weighted by atomic mass is 9.91. The quantitative estimate of drug-likeness (QED) is 0.821. The van der Waals surface area contributed by atoms with Crippen LogP contribution in [0, 0.1) is 11.3 Å². The van der Waals surface area contributed by atoms with Gasteiger partial charge in [0.05, 0.1) is 11.6 Å². The summed E-state index contributed by atoms with van der Waals surface area (Å²) in [6, 6.07) is 6.58. The highest BCUT2D eigenvalue weighted by Crippen LogP contribution is 2.28. The van der Waals surface area contributed by atoms with Crippen LogP contribution in [0.1, 0.15) is 48.9 Å². The highest BCUT2D eigenvalue weighted by Gasteiger charge is 2.33. The summed E-state index contributed by atoms with van der Waals surface area (Å²) < 4.78 is 0. The van der Waals surface area contributed by atoms with Crippen molar-refractivity contribution < 1.29 is 9.90 Å². The van der Waals surface area contributed by atoms with E-state index in [1.54, 1.807) is 6.07 Å². The predicted octanol–water partition coefficient (Wildman–Crippen LogP) is 3.39. The van der Waals surface area contributed by atoms with Crippen LogP contribution < -0.4 is 5.32 Å².